The molecule has 1 heterocycles. The molecule has 0 amide bonds. The number of para-hydroxylation sites is 2. The molecule has 1 N–H and O–H groups in total. The molecule has 4 aromatic rings. The van der Waals surface area contributed by atoms with Crippen LogP contribution in [-0.4, -0.2) is 23.8 Å². The van der Waals surface area contributed by atoms with Gasteiger partial charge in [-0.25, -0.2) is 9.78 Å². The van der Waals surface area contributed by atoms with Crippen molar-refractivity contribution in [1.82, 2.24) is 4.98 Å². The molecule has 1 aromatic heterocycles. The second-order valence-corrected chi connectivity index (χ2v) is 6.59. The fourth-order valence-corrected chi connectivity index (χ4v) is 3.32. The van der Waals surface area contributed by atoms with Crippen molar-refractivity contribution in [2.45, 2.75) is 6.92 Å². The number of rotatable bonds is 6. The average molecular weight is 395 g/mol. The minimum absolute atomic E-state index is 0.277. The molecule has 0 radical (unpaired) electrons. The summed E-state index contributed by atoms with van der Waals surface area (Å²) in [7, 11) is 0. The van der Waals surface area contributed by atoms with Crippen LogP contribution in [0.1, 0.15) is 23.0 Å². The largest absolute Gasteiger partial charge is 0.462 e. The summed E-state index contributed by atoms with van der Waals surface area (Å²) < 4.78 is 5.38. The molecule has 0 aliphatic heterocycles. The van der Waals surface area contributed by atoms with Crippen LogP contribution in [0.15, 0.2) is 90.0 Å². The third-order valence-corrected chi connectivity index (χ3v) is 4.62. The predicted molar refractivity (Wildman–Crippen MR) is 121 cm³/mol. The van der Waals surface area contributed by atoms with Crippen molar-refractivity contribution in [3.63, 3.8) is 0 Å². The van der Waals surface area contributed by atoms with E-state index in [4.69, 9.17) is 9.72 Å². The Labute approximate surface area is 175 Å². The predicted octanol–water partition coefficient (Wildman–Crippen LogP) is 5.52. The number of aromatic nitrogens is 1. The number of esters is 1. The van der Waals surface area contributed by atoms with Crippen molar-refractivity contribution in [2.24, 2.45) is 5.10 Å². The van der Waals surface area contributed by atoms with Crippen LogP contribution in [0.25, 0.3) is 22.0 Å². The lowest BCUT2D eigenvalue weighted by Gasteiger charge is -2.15. The van der Waals surface area contributed by atoms with E-state index in [1.807, 2.05) is 84.9 Å². The topological polar surface area (TPSA) is 63.6 Å². The molecule has 0 saturated carbocycles. The van der Waals surface area contributed by atoms with Crippen LogP contribution in [0.3, 0.4) is 0 Å². The van der Waals surface area contributed by atoms with E-state index in [2.05, 4.69) is 10.5 Å². The van der Waals surface area contributed by atoms with Gasteiger partial charge in [0, 0.05) is 10.9 Å². The minimum atomic E-state index is -0.421. The van der Waals surface area contributed by atoms with Crippen molar-refractivity contribution in [1.29, 1.82) is 0 Å². The van der Waals surface area contributed by atoms with Gasteiger partial charge >= 0.3 is 5.97 Å². The summed E-state index contributed by atoms with van der Waals surface area (Å²) in [5, 5.41) is 5.20. The molecule has 0 bridgehead atoms. The van der Waals surface area contributed by atoms with E-state index in [9.17, 15) is 4.79 Å². The van der Waals surface area contributed by atoms with Gasteiger partial charge < -0.3 is 4.74 Å². The monoisotopic (exact) mass is 395 g/mol. The maximum atomic E-state index is 13.0. The number of hydrazone groups is 1. The maximum absolute atomic E-state index is 13.0. The normalized spacial score (nSPS) is 11.0. The molecule has 0 aliphatic carbocycles. The van der Waals surface area contributed by atoms with Gasteiger partial charge in [-0.1, -0.05) is 66.7 Å². The number of benzene rings is 3. The number of pyridine rings is 1. The highest BCUT2D eigenvalue weighted by Crippen LogP contribution is 2.33. The first-order valence-electron chi connectivity index (χ1n) is 9.77. The summed E-state index contributed by atoms with van der Waals surface area (Å²) in [4.78, 5) is 17.7. The van der Waals surface area contributed by atoms with E-state index in [1.165, 1.54) is 0 Å². The summed E-state index contributed by atoms with van der Waals surface area (Å²) in [6, 6.07) is 27.2. The van der Waals surface area contributed by atoms with Gasteiger partial charge in [-0.15, -0.1) is 0 Å². The van der Waals surface area contributed by atoms with Crippen LogP contribution in [0.5, 0.6) is 0 Å². The quantitative estimate of drug-likeness (QED) is 0.265. The van der Waals surface area contributed by atoms with Crippen molar-refractivity contribution in [3.8, 4) is 11.1 Å². The van der Waals surface area contributed by atoms with E-state index >= 15 is 0 Å². The highest BCUT2D eigenvalue weighted by Gasteiger charge is 2.22. The van der Waals surface area contributed by atoms with Gasteiger partial charge in [-0.2, -0.15) is 5.10 Å². The highest BCUT2D eigenvalue weighted by atomic mass is 16.5. The van der Waals surface area contributed by atoms with Crippen LogP contribution in [0.2, 0.25) is 0 Å². The molecular formula is C25H21N3O2. The zero-order valence-corrected chi connectivity index (χ0v) is 16.6. The maximum Gasteiger partial charge on any atom is 0.341 e. The van der Waals surface area contributed by atoms with E-state index in [0.717, 1.165) is 27.7 Å². The van der Waals surface area contributed by atoms with Gasteiger partial charge in [-0.3, -0.25) is 5.43 Å². The number of carbonyl (C=O) groups excluding carboxylic acids is 1. The molecule has 4 rings (SSSR count). The lowest BCUT2D eigenvalue weighted by Crippen LogP contribution is -2.12. The number of anilines is 1. The Morgan fingerprint density at radius 3 is 2.37 bits per heavy atom. The minimum Gasteiger partial charge on any atom is -0.462 e. The first-order chi connectivity index (χ1) is 14.8. The van der Waals surface area contributed by atoms with Crippen LogP contribution in [-0.2, 0) is 4.74 Å². The smallest absolute Gasteiger partial charge is 0.341 e. The molecule has 5 nitrogen and oxygen atoms in total. The first-order valence-corrected chi connectivity index (χ1v) is 9.77. The Morgan fingerprint density at radius 2 is 1.63 bits per heavy atom. The van der Waals surface area contributed by atoms with Crippen LogP contribution in [0, 0.1) is 0 Å². The van der Waals surface area contributed by atoms with Crippen molar-refractivity contribution in [2.75, 3.05) is 12.0 Å². The third-order valence-electron chi connectivity index (χ3n) is 4.62. The van der Waals surface area contributed by atoms with Crippen LogP contribution < -0.4 is 5.43 Å². The third kappa shape index (κ3) is 4.05. The molecular weight excluding hydrogens is 374 g/mol. The summed E-state index contributed by atoms with van der Waals surface area (Å²) in [5.74, 6) is -0.421. The number of nitrogens with one attached hydrogen (secondary N) is 1. The molecule has 0 saturated heterocycles. The van der Waals surface area contributed by atoms with Gasteiger partial charge in [-0.05, 0) is 30.7 Å². The number of hydrogen-bond donors (Lipinski definition) is 1. The van der Waals surface area contributed by atoms with Crippen molar-refractivity contribution >= 4 is 28.8 Å². The number of ether oxygens (including phenoxy) is 1. The molecule has 0 unspecified atom stereocenters. The number of nitrogens with zero attached hydrogens (tertiary/aromatic N) is 2. The van der Waals surface area contributed by atoms with E-state index < -0.39 is 5.97 Å². The van der Waals surface area contributed by atoms with Crippen LogP contribution in [0.4, 0.5) is 5.69 Å². The van der Waals surface area contributed by atoms with Gasteiger partial charge in [0.15, 0.2) is 0 Å². The van der Waals surface area contributed by atoms with E-state index in [1.54, 1.807) is 13.1 Å². The van der Waals surface area contributed by atoms with Gasteiger partial charge in [0.1, 0.15) is 0 Å². The number of carbonyl (C=O) groups is 1. The Balaban J connectivity index is 1.90. The van der Waals surface area contributed by atoms with Crippen molar-refractivity contribution in [3.05, 3.63) is 96.2 Å². The SMILES string of the molecule is CCOC(=O)c1c(/C=N\Nc2ccccc2)nc2ccccc2c1-c1ccccc1. The average Bonchev–Trinajstić information content (AvgIpc) is 2.79. The summed E-state index contributed by atoms with van der Waals surface area (Å²) in [5.41, 5.74) is 7.17. The Bertz CT molecular complexity index is 1190. The lowest BCUT2D eigenvalue weighted by molar-refractivity contribution is 0.0527. The lowest BCUT2D eigenvalue weighted by atomic mass is 9.94. The summed E-state index contributed by atoms with van der Waals surface area (Å²) >= 11 is 0. The molecule has 0 fully saturated rings. The number of fused-ring (bicyclic) bond motifs is 1. The van der Waals surface area contributed by atoms with E-state index in [0.29, 0.717) is 11.3 Å². The zero-order valence-electron chi connectivity index (χ0n) is 16.6. The Morgan fingerprint density at radius 1 is 0.967 bits per heavy atom. The van der Waals surface area contributed by atoms with Crippen LogP contribution >= 0.6 is 0 Å². The molecule has 0 atom stereocenters. The van der Waals surface area contributed by atoms with Gasteiger partial charge in [0.25, 0.3) is 0 Å². The van der Waals surface area contributed by atoms with Gasteiger partial charge in [0.05, 0.1) is 35.3 Å². The molecule has 5 heteroatoms. The molecule has 0 spiro atoms. The molecule has 30 heavy (non-hydrogen) atoms. The summed E-state index contributed by atoms with van der Waals surface area (Å²) in [6.45, 7) is 2.07. The molecule has 0 aliphatic rings. The summed E-state index contributed by atoms with van der Waals surface area (Å²) in [6.07, 6.45) is 1.57. The molecule has 148 valence electrons. The second kappa shape index (κ2) is 9.01. The van der Waals surface area contributed by atoms with Gasteiger partial charge in [0.2, 0.25) is 0 Å². The second-order valence-electron chi connectivity index (χ2n) is 6.59. The highest BCUT2D eigenvalue weighted by molar-refractivity contribution is 6.11. The first kappa shape index (κ1) is 19.3. The standard InChI is InChI=1S/C25H21N3O2/c1-2-30-25(29)24-22(17-26-28-19-13-7-4-8-14-19)27-21-16-10-9-15-20(21)23(24)18-11-5-3-6-12-18/h3-17,28H,2H2,1H3/b26-17-. The van der Waals surface area contributed by atoms with Crippen molar-refractivity contribution < 1.29 is 9.53 Å². The zero-order chi connectivity index (χ0) is 20.8. The molecule has 3 aromatic carbocycles. The number of hydrogen-bond acceptors (Lipinski definition) is 5. The fraction of sp³-hybridized carbons (Fsp3) is 0.0800. The Kier molecular flexibility index (Phi) is 5.80. The Hall–Kier alpha value is -3.99. The van der Waals surface area contributed by atoms with E-state index in [-0.39, 0.29) is 6.61 Å². The fourth-order valence-electron chi connectivity index (χ4n) is 3.32.